The molecule has 42 heavy (non-hydrogen) atoms. The van der Waals surface area contributed by atoms with Crippen molar-refractivity contribution in [2.45, 2.75) is 44.7 Å². The molecule has 1 aliphatic rings. The summed E-state index contributed by atoms with van der Waals surface area (Å²) in [6.45, 7) is 0.545. The molecule has 1 aliphatic carbocycles. The van der Waals surface area contributed by atoms with Gasteiger partial charge in [-0.25, -0.2) is 13.6 Å². The van der Waals surface area contributed by atoms with Gasteiger partial charge < -0.3 is 5.32 Å². The van der Waals surface area contributed by atoms with Crippen molar-refractivity contribution in [3.05, 3.63) is 100.0 Å². The molecular weight excluding hydrogens is 562 g/mol. The second-order valence-corrected chi connectivity index (χ2v) is 11.2. The van der Waals surface area contributed by atoms with Gasteiger partial charge in [0.15, 0.2) is 0 Å². The molecule has 216 valence electrons. The minimum atomic E-state index is -2.88. The van der Waals surface area contributed by atoms with Crippen LogP contribution in [0.3, 0.4) is 0 Å². The number of carbonyl (C=O) groups is 1. The maximum atomic E-state index is 13.9. The summed E-state index contributed by atoms with van der Waals surface area (Å²) >= 11 is 5.92. The Bertz CT molecular complexity index is 1820. The summed E-state index contributed by atoms with van der Waals surface area (Å²) in [6.07, 6.45) is 4.88. The maximum Gasteiger partial charge on any atom is 0.333 e. The molecule has 11 heteroatoms. The predicted octanol–water partition coefficient (Wildman–Crippen LogP) is 6.17. The van der Waals surface area contributed by atoms with Crippen LogP contribution >= 0.6 is 11.6 Å². The third-order valence-electron chi connectivity index (χ3n) is 7.94. The van der Waals surface area contributed by atoms with E-state index in [-0.39, 0.29) is 28.2 Å². The number of fused-ring (bicyclic) bond motifs is 1. The number of benzene rings is 2. The highest BCUT2D eigenvalue weighted by Crippen LogP contribution is 2.29. The van der Waals surface area contributed by atoms with Crippen molar-refractivity contribution in [3.8, 4) is 16.8 Å². The third-order valence-corrected chi connectivity index (χ3v) is 8.14. The molecular formula is C31H29ClF2N6O2. The van der Waals surface area contributed by atoms with E-state index in [1.54, 1.807) is 15.4 Å². The fraction of sp³-hybridized carbons (Fsp3) is 0.290. The van der Waals surface area contributed by atoms with E-state index >= 15 is 0 Å². The van der Waals surface area contributed by atoms with Gasteiger partial charge in [0.25, 0.3) is 12.3 Å². The van der Waals surface area contributed by atoms with Gasteiger partial charge >= 0.3 is 5.69 Å². The molecule has 1 amide bonds. The number of nitrogens with zero attached hydrogens (tertiary/aromatic N) is 5. The number of rotatable bonds is 7. The Morgan fingerprint density at radius 2 is 1.79 bits per heavy atom. The monoisotopic (exact) mass is 590 g/mol. The summed E-state index contributed by atoms with van der Waals surface area (Å²) in [5, 5.41) is 7.27. The summed E-state index contributed by atoms with van der Waals surface area (Å²) in [5.41, 5.74) is 3.52. The van der Waals surface area contributed by atoms with Gasteiger partial charge in [0.1, 0.15) is 5.69 Å². The quantitative estimate of drug-likeness (QED) is 0.246. The number of para-hydroxylation sites is 2. The number of imidazole rings is 1. The lowest BCUT2D eigenvalue weighted by Crippen LogP contribution is -2.39. The Labute approximate surface area is 245 Å². The van der Waals surface area contributed by atoms with E-state index in [0.29, 0.717) is 19.4 Å². The van der Waals surface area contributed by atoms with Gasteiger partial charge in [-0.2, -0.15) is 5.10 Å². The van der Waals surface area contributed by atoms with Gasteiger partial charge in [0, 0.05) is 37.6 Å². The lowest BCUT2D eigenvalue weighted by Gasteiger charge is -2.29. The number of alkyl halides is 2. The lowest BCUT2D eigenvalue weighted by atomic mass is 9.85. The zero-order valence-corrected chi connectivity index (χ0v) is 23.6. The van der Waals surface area contributed by atoms with E-state index in [4.69, 9.17) is 11.6 Å². The molecule has 5 aromatic rings. The van der Waals surface area contributed by atoms with Crippen LogP contribution in [-0.2, 0) is 13.6 Å². The number of aromatic nitrogens is 5. The standard InChI is InChI=1S/C31H29ClF2N6O2/c1-38-18-21(15-36-38)20-5-4-6-24(13-20)40-27-8-3-2-7-26(27)39(31(40)42)17-19-9-11-23(12-10-19)37-30(41)25-14-22(32)16-35-28(25)29(33)34/h2-8,13-16,18-19,23,29H,9-12,17H2,1H3,(H,37,41). The first kappa shape index (κ1) is 27.8. The van der Waals surface area contributed by atoms with Gasteiger partial charge in [-0.1, -0.05) is 35.9 Å². The van der Waals surface area contributed by atoms with E-state index in [1.807, 2.05) is 66.3 Å². The Balaban J connectivity index is 1.19. The van der Waals surface area contributed by atoms with Crippen LogP contribution in [0.2, 0.25) is 5.02 Å². The number of nitrogens with one attached hydrogen (secondary N) is 1. The van der Waals surface area contributed by atoms with Crippen LogP contribution in [0.5, 0.6) is 0 Å². The van der Waals surface area contributed by atoms with Crippen molar-refractivity contribution < 1.29 is 13.6 Å². The van der Waals surface area contributed by atoms with E-state index in [2.05, 4.69) is 15.4 Å². The van der Waals surface area contributed by atoms with Crippen molar-refractivity contribution in [2.75, 3.05) is 0 Å². The van der Waals surface area contributed by atoms with Crippen LogP contribution in [0, 0.1) is 5.92 Å². The topological polar surface area (TPSA) is 86.7 Å². The number of amides is 1. The summed E-state index contributed by atoms with van der Waals surface area (Å²) < 4.78 is 32.1. The summed E-state index contributed by atoms with van der Waals surface area (Å²) in [5.74, 6) is -0.377. The molecule has 0 aliphatic heterocycles. The SMILES string of the molecule is Cn1cc(-c2cccc(-n3c(=O)n(CC4CCC(NC(=O)c5cc(Cl)cnc5C(F)F)CC4)c4ccccc43)c2)cn1. The highest BCUT2D eigenvalue weighted by Gasteiger charge is 2.27. The minimum Gasteiger partial charge on any atom is -0.349 e. The number of aryl methyl sites for hydroxylation is 1. The molecule has 0 radical (unpaired) electrons. The molecule has 0 unspecified atom stereocenters. The molecule has 0 spiro atoms. The van der Waals surface area contributed by atoms with Gasteiger partial charge in [0.2, 0.25) is 0 Å². The van der Waals surface area contributed by atoms with Crippen molar-refractivity contribution in [1.82, 2.24) is 29.2 Å². The zero-order valence-electron chi connectivity index (χ0n) is 22.9. The Kier molecular flexibility index (Phi) is 7.64. The lowest BCUT2D eigenvalue weighted by molar-refractivity contribution is 0.0904. The highest BCUT2D eigenvalue weighted by molar-refractivity contribution is 6.30. The average molecular weight is 591 g/mol. The second-order valence-electron chi connectivity index (χ2n) is 10.7. The Morgan fingerprint density at radius 1 is 1.02 bits per heavy atom. The number of hydrogen-bond acceptors (Lipinski definition) is 4. The molecule has 1 N–H and O–H groups in total. The zero-order chi connectivity index (χ0) is 29.4. The average Bonchev–Trinajstić information content (AvgIpc) is 3.54. The van der Waals surface area contributed by atoms with E-state index in [0.717, 1.165) is 46.9 Å². The molecule has 2 aromatic carbocycles. The molecule has 3 heterocycles. The highest BCUT2D eigenvalue weighted by atomic mass is 35.5. The fourth-order valence-electron chi connectivity index (χ4n) is 5.85. The van der Waals surface area contributed by atoms with Gasteiger partial charge in [0.05, 0.1) is 33.5 Å². The molecule has 3 aromatic heterocycles. The van der Waals surface area contributed by atoms with E-state index < -0.39 is 18.0 Å². The minimum absolute atomic E-state index is 0.108. The molecule has 0 bridgehead atoms. The van der Waals surface area contributed by atoms with Crippen molar-refractivity contribution in [3.63, 3.8) is 0 Å². The first-order valence-corrected chi connectivity index (χ1v) is 14.2. The first-order chi connectivity index (χ1) is 20.3. The number of carbonyl (C=O) groups excluding carboxylic acids is 1. The fourth-order valence-corrected chi connectivity index (χ4v) is 6.00. The molecule has 1 fully saturated rings. The Morgan fingerprint density at radius 3 is 2.50 bits per heavy atom. The van der Waals surface area contributed by atoms with Crippen molar-refractivity contribution >= 4 is 28.5 Å². The maximum absolute atomic E-state index is 13.9. The largest absolute Gasteiger partial charge is 0.349 e. The summed E-state index contributed by atoms with van der Waals surface area (Å²) in [7, 11) is 1.87. The van der Waals surface area contributed by atoms with Crippen molar-refractivity contribution in [1.29, 1.82) is 0 Å². The molecule has 6 rings (SSSR count). The third kappa shape index (κ3) is 5.46. The van der Waals surface area contributed by atoms with Gasteiger partial charge in [-0.3, -0.25) is 23.6 Å². The van der Waals surface area contributed by atoms with Crippen LogP contribution in [0.1, 0.15) is 48.2 Å². The number of hydrogen-bond donors (Lipinski definition) is 1. The van der Waals surface area contributed by atoms with Crippen LogP contribution < -0.4 is 11.0 Å². The smallest absolute Gasteiger partial charge is 0.333 e. The normalized spacial score (nSPS) is 17.2. The predicted molar refractivity (Wildman–Crippen MR) is 157 cm³/mol. The molecule has 8 nitrogen and oxygen atoms in total. The van der Waals surface area contributed by atoms with Crippen molar-refractivity contribution in [2.24, 2.45) is 13.0 Å². The summed E-state index contributed by atoms with van der Waals surface area (Å²) in [6, 6.07) is 16.7. The van der Waals surface area contributed by atoms with Crippen LogP contribution in [0.4, 0.5) is 8.78 Å². The van der Waals surface area contributed by atoms with E-state index in [1.165, 1.54) is 6.07 Å². The van der Waals surface area contributed by atoms with Crippen LogP contribution in [0.15, 0.2) is 78.0 Å². The summed E-state index contributed by atoms with van der Waals surface area (Å²) in [4.78, 5) is 30.3. The van der Waals surface area contributed by atoms with Crippen LogP contribution in [-0.4, -0.2) is 35.8 Å². The molecule has 0 atom stereocenters. The van der Waals surface area contributed by atoms with Gasteiger partial charge in [-0.05, 0) is 67.5 Å². The second kappa shape index (κ2) is 11.5. The van der Waals surface area contributed by atoms with Gasteiger partial charge in [-0.15, -0.1) is 0 Å². The number of halogens is 3. The molecule has 0 saturated heterocycles. The molecule has 1 saturated carbocycles. The Hall–Kier alpha value is -4.31. The van der Waals surface area contributed by atoms with E-state index in [9.17, 15) is 18.4 Å². The number of pyridine rings is 1. The van der Waals surface area contributed by atoms with Crippen LogP contribution in [0.25, 0.3) is 27.8 Å². The first-order valence-electron chi connectivity index (χ1n) is 13.8.